The maximum atomic E-state index is 13.6. The molecule has 0 N–H and O–H groups in total. The van der Waals surface area contributed by atoms with E-state index in [1.54, 1.807) is 42.3 Å². The summed E-state index contributed by atoms with van der Waals surface area (Å²) in [5.41, 5.74) is -0.0260. The van der Waals surface area contributed by atoms with Gasteiger partial charge in [0.15, 0.2) is 11.0 Å². The molecule has 6 nitrogen and oxygen atoms in total. The number of hydrogen-bond acceptors (Lipinski definition) is 4. The van der Waals surface area contributed by atoms with Crippen LogP contribution in [0.4, 0.5) is 5.69 Å². The first-order valence-corrected chi connectivity index (χ1v) is 8.79. The van der Waals surface area contributed by atoms with E-state index in [9.17, 15) is 14.4 Å². The van der Waals surface area contributed by atoms with Crippen molar-refractivity contribution in [2.75, 3.05) is 18.5 Å². The number of carbonyl (C=O) groups is 2. The van der Waals surface area contributed by atoms with Crippen molar-refractivity contribution in [3.05, 3.63) is 75.6 Å². The average molecular weight is 360 g/mol. The van der Waals surface area contributed by atoms with Crippen LogP contribution in [-0.4, -0.2) is 30.3 Å². The van der Waals surface area contributed by atoms with Crippen LogP contribution in [0.2, 0.25) is 0 Å². The van der Waals surface area contributed by atoms with Crippen LogP contribution in [0.3, 0.4) is 0 Å². The second kappa shape index (κ2) is 5.07. The van der Waals surface area contributed by atoms with Gasteiger partial charge in [-0.3, -0.25) is 14.4 Å². The lowest BCUT2D eigenvalue weighted by Crippen LogP contribution is -2.51. The van der Waals surface area contributed by atoms with Gasteiger partial charge in [-0.15, -0.1) is 0 Å². The van der Waals surface area contributed by atoms with Crippen molar-refractivity contribution < 1.29 is 14.0 Å². The lowest BCUT2D eigenvalue weighted by molar-refractivity contribution is -0.125. The Morgan fingerprint density at radius 3 is 2.48 bits per heavy atom. The first-order chi connectivity index (χ1) is 13.0. The fourth-order valence-electron chi connectivity index (χ4n) is 4.41. The van der Waals surface area contributed by atoms with Gasteiger partial charge in [0.2, 0.25) is 5.76 Å². The minimum Gasteiger partial charge on any atom is -0.450 e. The maximum Gasteiger partial charge on any atom is 0.291 e. The molecule has 1 aromatic heterocycles. The molecule has 134 valence electrons. The molecule has 0 saturated carbocycles. The number of para-hydroxylation sites is 2. The van der Waals surface area contributed by atoms with Crippen LogP contribution in [0.25, 0.3) is 11.0 Å². The average Bonchev–Trinajstić information content (AvgIpc) is 3.07. The van der Waals surface area contributed by atoms with Gasteiger partial charge < -0.3 is 14.2 Å². The molecule has 27 heavy (non-hydrogen) atoms. The number of rotatable bonds is 1. The summed E-state index contributed by atoms with van der Waals surface area (Å²) < 4.78 is 5.82. The number of benzene rings is 2. The van der Waals surface area contributed by atoms with Crippen LogP contribution in [0.15, 0.2) is 57.7 Å². The molecule has 2 amide bonds. The van der Waals surface area contributed by atoms with Gasteiger partial charge >= 0.3 is 0 Å². The van der Waals surface area contributed by atoms with Crippen molar-refractivity contribution in [1.29, 1.82) is 0 Å². The molecular weight excluding hydrogens is 344 g/mol. The van der Waals surface area contributed by atoms with Gasteiger partial charge in [0, 0.05) is 19.2 Å². The van der Waals surface area contributed by atoms with Crippen LogP contribution < -0.4 is 10.3 Å². The quantitative estimate of drug-likeness (QED) is 0.668. The van der Waals surface area contributed by atoms with Crippen molar-refractivity contribution in [2.45, 2.75) is 12.5 Å². The number of fused-ring (bicyclic) bond motifs is 5. The van der Waals surface area contributed by atoms with Crippen LogP contribution >= 0.6 is 0 Å². The Bertz CT molecular complexity index is 1210. The van der Waals surface area contributed by atoms with Gasteiger partial charge in [-0.05, 0) is 25.1 Å². The first-order valence-electron chi connectivity index (χ1n) is 8.79. The Balaban J connectivity index is 1.97. The molecule has 2 aromatic carbocycles. The summed E-state index contributed by atoms with van der Waals surface area (Å²) in [5.74, 6) is -0.820. The van der Waals surface area contributed by atoms with Crippen molar-refractivity contribution in [3.8, 4) is 0 Å². The minimum atomic E-state index is -1.48. The Labute approximate surface area is 154 Å². The predicted octanol–water partition coefficient (Wildman–Crippen LogP) is 2.49. The summed E-state index contributed by atoms with van der Waals surface area (Å²) in [4.78, 5) is 43.0. The monoisotopic (exact) mass is 360 g/mol. The van der Waals surface area contributed by atoms with E-state index in [2.05, 4.69) is 0 Å². The highest BCUT2D eigenvalue weighted by atomic mass is 16.3. The summed E-state index contributed by atoms with van der Waals surface area (Å²) in [7, 11) is 1.55. The molecule has 5 rings (SSSR count). The second-order valence-electron chi connectivity index (χ2n) is 6.77. The molecule has 1 unspecified atom stereocenters. The van der Waals surface area contributed by atoms with Crippen LogP contribution in [0, 0.1) is 0 Å². The third kappa shape index (κ3) is 1.63. The van der Waals surface area contributed by atoms with Crippen molar-refractivity contribution in [3.63, 3.8) is 0 Å². The summed E-state index contributed by atoms with van der Waals surface area (Å²) in [6, 6.07) is 14.1. The highest BCUT2D eigenvalue weighted by Crippen LogP contribution is 2.51. The molecule has 2 aliphatic rings. The Morgan fingerprint density at radius 2 is 1.70 bits per heavy atom. The van der Waals surface area contributed by atoms with E-state index in [1.807, 2.05) is 25.1 Å². The van der Waals surface area contributed by atoms with E-state index in [0.29, 0.717) is 28.8 Å². The fraction of sp³-hybridized carbons (Fsp3) is 0.190. The normalized spacial score (nSPS) is 20.7. The van der Waals surface area contributed by atoms with Crippen molar-refractivity contribution >= 4 is 28.5 Å². The zero-order valence-electron chi connectivity index (χ0n) is 14.9. The van der Waals surface area contributed by atoms with Crippen LogP contribution in [-0.2, 0) is 10.3 Å². The Morgan fingerprint density at radius 1 is 1.00 bits per heavy atom. The number of likely N-dealkylation sites (N-methyl/N-ethyl adjacent to an activating group) is 2. The van der Waals surface area contributed by atoms with Crippen molar-refractivity contribution in [2.24, 2.45) is 0 Å². The Kier molecular flexibility index (Phi) is 2.97. The zero-order valence-corrected chi connectivity index (χ0v) is 14.9. The predicted molar refractivity (Wildman–Crippen MR) is 99.8 cm³/mol. The maximum absolute atomic E-state index is 13.6. The molecule has 3 heterocycles. The van der Waals surface area contributed by atoms with Gasteiger partial charge in [0.1, 0.15) is 5.58 Å². The third-order valence-electron chi connectivity index (χ3n) is 5.62. The lowest BCUT2D eigenvalue weighted by Gasteiger charge is -2.31. The number of hydrogen-bond donors (Lipinski definition) is 0. The van der Waals surface area contributed by atoms with Crippen molar-refractivity contribution in [1.82, 2.24) is 4.90 Å². The number of carbonyl (C=O) groups excluding carboxylic acids is 2. The molecule has 0 fully saturated rings. The topological polar surface area (TPSA) is 70.8 Å². The smallest absolute Gasteiger partial charge is 0.291 e. The van der Waals surface area contributed by atoms with E-state index < -0.39 is 11.4 Å². The highest BCUT2D eigenvalue weighted by molar-refractivity contribution is 6.17. The summed E-state index contributed by atoms with van der Waals surface area (Å²) >= 11 is 0. The molecule has 0 aliphatic carbocycles. The molecule has 0 bridgehead atoms. The SMILES string of the molecule is CCN1C(=O)C2(c3ccccc31)c1c(oc3ccccc3c1=O)C(=O)N2C. The molecule has 0 radical (unpaired) electrons. The number of nitrogens with zero attached hydrogens (tertiary/aromatic N) is 2. The Hall–Kier alpha value is -3.41. The molecule has 3 aromatic rings. The molecule has 6 heteroatoms. The summed E-state index contributed by atoms with van der Waals surface area (Å²) in [5, 5.41) is 0.360. The van der Waals surface area contributed by atoms with Gasteiger partial charge in [-0.1, -0.05) is 30.3 Å². The highest BCUT2D eigenvalue weighted by Gasteiger charge is 2.63. The standard InChI is InChI=1S/C21H16N2O4/c1-3-23-14-10-6-5-9-13(14)21(20(23)26)16-17(24)12-8-4-7-11-15(12)27-18(16)19(25)22(21)2/h4-11H,3H2,1-2H3. The molecule has 2 aliphatic heterocycles. The van der Waals surface area contributed by atoms with E-state index in [1.165, 1.54) is 4.90 Å². The van der Waals surface area contributed by atoms with Gasteiger partial charge in [-0.2, -0.15) is 0 Å². The van der Waals surface area contributed by atoms with E-state index in [0.717, 1.165) is 0 Å². The second-order valence-corrected chi connectivity index (χ2v) is 6.77. The molecule has 1 atom stereocenters. The minimum absolute atomic E-state index is 0.0534. The molecular formula is C21H16N2O4. The number of amides is 2. The molecule has 0 saturated heterocycles. The molecule has 1 spiro atoms. The van der Waals surface area contributed by atoms with E-state index in [-0.39, 0.29) is 22.7 Å². The van der Waals surface area contributed by atoms with E-state index >= 15 is 0 Å². The van der Waals surface area contributed by atoms with Crippen LogP contribution in [0.1, 0.15) is 28.6 Å². The largest absolute Gasteiger partial charge is 0.450 e. The summed E-state index contributed by atoms with van der Waals surface area (Å²) in [6.07, 6.45) is 0. The van der Waals surface area contributed by atoms with Gasteiger partial charge in [0.25, 0.3) is 11.8 Å². The third-order valence-corrected chi connectivity index (χ3v) is 5.62. The summed E-state index contributed by atoms with van der Waals surface area (Å²) in [6.45, 7) is 2.31. The van der Waals surface area contributed by atoms with Gasteiger partial charge in [-0.25, -0.2) is 0 Å². The first kappa shape index (κ1) is 15.8. The van der Waals surface area contributed by atoms with Gasteiger partial charge in [0.05, 0.1) is 16.6 Å². The number of anilines is 1. The van der Waals surface area contributed by atoms with Crippen LogP contribution in [0.5, 0.6) is 0 Å². The fourth-order valence-corrected chi connectivity index (χ4v) is 4.41. The van der Waals surface area contributed by atoms with E-state index in [4.69, 9.17) is 4.42 Å². The zero-order chi connectivity index (χ0) is 18.9. The lowest BCUT2D eigenvalue weighted by atomic mass is 9.84.